The van der Waals surface area contributed by atoms with Crippen molar-refractivity contribution >= 4 is 27.5 Å². The Kier molecular flexibility index (Phi) is 5.42. The van der Waals surface area contributed by atoms with E-state index in [1.54, 1.807) is 0 Å². The number of nitrogens with zero attached hydrogens (tertiary/aromatic N) is 2. The summed E-state index contributed by atoms with van der Waals surface area (Å²) >= 11 is 0. The van der Waals surface area contributed by atoms with Gasteiger partial charge in [0.2, 0.25) is 0 Å². The molecule has 5 unspecified atom stereocenters. The number of aromatic nitrogens is 1. The van der Waals surface area contributed by atoms with Crippen LogP contribution in [0.15, 0.2) is 151 Å². The van der Waals surface area contributed by atoms with Gasteiger partial charge in [-0.25, -0.2) is 0 Å². The number of hydrogen-bond donors (Lipinski definition) is 0. The highest BCUT2D eigenvalue weighted by atomic mass is 16.5. The first-order chi connectivity index (χ1) is 22.7. The van der Waals surface area contributed by atoms with Crippen molar-refractivity contribution in [3.8, 4) is 16.8 Å². The first-order valence-corrected chi connectivity index (χ1v) is 16.3. The minimum absolute atomic E-state index is 0.128. The maximum absolute atomic E-state index is 6.41. The second-order valence-electron chi connectivity index (χ2n) is 13.3. The van der Waals surface area contributed by atoms with Gasteiger partial charge in [-0.05, 0) is 72.2 Å². The number of fused-ring (bicyclic) bond motifs is 9. The van der Waals surface area contributed by atoms with Crippen molar-refractivity contribution in [3.05, 3.63) is 169 Å². The SMILES string of the molecule is CC12C=CC=CC1N(C1=CC3C(C=C1)O[C@H]1C=CC=CC31)c1ccc(-c3ccc4c(c3)c3ccccc3n4-c3cc#ccc3)cc12. The van der Waals surface area contributed by atoms with Crippen molar-refractivity contribution < 1.29 is 4.74 Å². The Morgan fingerprint density at radius 2 is 1.57 bits per heavy atom. The normalized spacial score (nSPS) is 28.2. The molecule has 46 heavy (non-hydrogen) atoms. The highest BCUT2D eigenvalue weighted by Crippen LogP contribution is 2.52. The van der Waals surface area contributed by atoms with E-state index in [9.17, 15) is 0 Å². The van der Waals surface area contributed by atoms with E-state index < -0.39 is 0 Å². The summed E-state index contributed by atoms with van der Waals surface area (Å²) in [5.41, 5.74) is 9.73. The highest BCUT2D eigenvalue weighted by Gasteiger charge is 2.48. The molecular formula is C43H32N2O. The van der Waals surface area contributed by atoms with Crippen LogP contribution in [0.25, 0.3) is 38.6 Å². The van der Waals surface area contributed by atoms with E-state index in [1.165, 1.54) is 49.9 Å². The fraction of sp³-hybridized carbons (Fsp3) is 0.163. The molecule has 0 N–H and O–H groups in total. The Morgan fingerprint density at radius 1 is 0.739 bits per heavy atom. The van der Waals surface area contributed by atoms with Gasteiger partial charge < -0.3 is 14.2 Å². The molecule has 5 aromatic rings. The van der Waals surface area contributed by atoms with Crippen molar-refractivity contribution in [2.45, 2.75) is 30.6 Å². The molecule has 10 rings (SSSR count). The average molecular weight is 593 g/mol. The first-order valence-electron chi connectivity index (χ1n) is 16.3. The van der Waals surface area contributed by atoms with Crippen LogP contribution in [0.3, 0.4) is 0 Å². The van der Waals surface area contributed by atoms with Crippen LogP contribution in [0.1, 0.15) is 12.5 Å². The average Bonchev–Trinajstić information content (AvgIpc) is 3.73. The number of anilines is 1. The Bertz CT molecular complexity index is 2250. The lowest BCUT2D eigenvalue weighted by Crippen LogP contribution is -2.41. The molecule has 3 heteroatoms. The fourth-order valence-electron chi connectivity index (χ4n) is 8.61. The molecule has 3 aliphatic carbocycles. The second-order valence-corrected chi connectivity index (χ2v) is 13.3. The van der Waals surface area contributed by atoms with Gasteiger partial charge in [0.15, 0.2) is 0 Å². The molecule has 4 aromatic carbocycles. The smallest absolute Gasteiger partial charge is 0.0838 e. The third-order valence-electron chi connectivity index (χ3n) is 10.8. The Hall–Kier alpha value is -5.30. The molecule has 2 aliphatic heterocycles. The summed E-state index contributed by atoms with van der Waals surface area (Å²) in [6.45, 7) is 2.39. The minimum Gasteiger partial charge on any atom is -0.366 e. The number of hydrogen-bond acceptors (Lipinski definition) is 2. The maximum Gasteiger partial charge on any atom is 0.0838 e. The summed E-state index contributed by atoms with van der Waals surface area (Å²) in [7, 11) is 0. The largest absolute Gasteiger partial charge is 0.366 e. The van der Waals surface area contributed by atoms with Gasteiger partial charge in [0, 0.05) is 45.5 Å². The lowest BCUT2D eigenvalue weighted by molar-refractivity contribution is 0.0882. The van der Waals surface area contributed by atoms with Crippen molar-refractivity contribution in [3.63, 3.8) is 0 Å². The van der Waals surface area contributed by atoms with Crippen molar-refractivity contribution in [2.24, 2.45) is 11.8 Å². The molecule has 5 aliphatic rings. The maximum atomic E-state index is 6.41. The minimum atomic E-state index is -0.144. The van der Waals surface area contributed by atoms with Gasteiger partial charge in [-0.15, -0.1) is 0 Å². The van der Waals surface area contributed by atoms with Gasteiger partial charge in [-0.2, -0.15) is 0 Å². The lowest BCUT2D eigenvalue weighted by Gasteiger charge is -2.36. The quantitative estimate of drug-likeness (QED) is 0.208. The predicted octanol–water partition coefficient (Wildman–Crippen LogP) is 9.20. The zero-order valence-corrected chi connectivity index (χ0v) is 25.5. The molecule has 0 saturated carbocycles. The topological polar surface area (TPSA) is 17.4 Å². The van der Waals surface area contributed by atoms with Crippen LogP contribution in [0.2, 0.25) is 0 Å². The van der Waals surface area contributed by atoms with Gasteiger partial charge >= 0.3 is 0 Å². The number of benzene rings is 3. The molecule has 0 amide bonds. The lowest BCUT2D eigenvalue weighted by atomic mass is 9.75. The summed E-state index contributed by atoms with van der Waals surface area (Å²) < 4.78 is 8.74. The molecule has 0 radical (unpaired) electrons. The summed E-state index contributed by atoms with van der Waals surface area (Å²) in [6.07, 6.45) is 25.3. The monoisotopic (exact) mass is 592 g/mol. The summed E-state index contributed by atoms with van der Waals surface area (Å²) in [4.78, 5) is 2.56. The molecule has 3 nitrogen and oxygen atoms in total. The molecule has 220 valence electrons. The van der Waals surface area contributed by atoms with Crippen LogP contribution in [-0.4, -0.2) is 22.8 Å². The van der Waals surface area contributed by atoms with Crippen LogP contribution in [0, 0.1) is 24.0 Å². The van der Waals surface area contributed by atoms with Gasteiger partial charge in [0.05, 0.1) is 35.0 Å². The van der Waals surface area contributed by atoms with E-state index in [0.717, 1.165) is 5.69 Å². The highest BCUT2D eigenvalue weighted by molar-refractivity contribution is 6.10. The zero-order chi connectivity index (χ0) is 30.4. The van der Waals surface area contributed by atoms with E-state index in [0.29, 0.717) is 11.8 Å². The van der Waals surface area contributed by atoms with E-state index in [-0.39, 0.29) is 23.7 Å². The van der Waals surface area contributed by atoms with Crippen molar-refractivity contribution in [2.75, 3.05) is 4.90 Å². The van der Waals surface area contributed by atoms with Crippen LogP contribution in [-0.2, 0) is 10.2 Å². The summed E-state index contributed by atoms with van der Waals surface area (Å²) in [6, 6.07) is 35.1. The van der Waals surface area contributed by atoms with Crippen molar-refractivity contribution in [1.82, 2.24) is 4.57 Å². The second kappa shape index (κ2) is 9.60. The fourth-order valence-corrected chi connectivity index (χ4v) is 8.61. The molecule has 1 fully saturated rings. The molecule has 1 aromatic heterocycles. The Labute approximate surface area is 269 Å². The number of allylic oxidation sites excluding steroid dienone is 5. The van der Waals surface area contributed by atoms with Gasteiger partial charge in [-0.3, -0.25) is 0 Å². The van der Waals surface area contributed by atoms with Crippen LogP contribution in [0.5, 0.6) is 0 Å². The molecule has 3 heterocycles. The molecule has 0 spiro atoms. The molecule has 0 bridgehead atoms. The molecule has 1 saturated heterocycles. The summed E-state index contributed by atoms with van der Waals surface area (Å²) in [5, 5.41) is 2.51. The number of para-hydroxylation sites is 1. The molecular weight excluding hydrogens is 560 g/mol. The van der Waals surface area contributed by atoms with Crippen LogP contribution in [0.4, 0.5) is 5.69 Å². The van der Waals surface area contributed by atoms with E-state index in [4.69, 9.17) is 4.74 Å². The van der Waals surface area contributed by atoms with E-state index >= 15 is 0 Å². The van der Waals surface area contributed by atoms with Gasteiger partial charge in [0.25, 0.3) is 0 Å². The Morgan fingerprint density at radius 3 is 2.50 bits per heavy atom. The van der Waals surface area contributed by atoms with Gasteiger partial charge in [-0.1, -0.05) is 103 Å². The predicted molar refractivity (Wildman–Crippen MR) is 187 cm³/mol. The Balaban J connectivity index is 1.09. The summed E-state index contributed by atoms with van der Waals surface area (Å²) in [5.74, 6) is 0.719. The molecule has 6 atom stereocenters. The third-order valence-corrected chi connectivity index (χ3v) is 10.8. The van der Waals surface area contributed by atoms with E-state index in [2.05, 4.69) is 162 Å². The zero-order valence-electron chi connectivity index (χ0n) is 25.5. The number of ether oxygens (including phenoxy) is 1. The van der Waals surface area contributed by atoms with Crippen LogP contribution >= 0.6 is 0 Å². The first kappa shape index (κ1) is 26.0. The third kappa shape index (κ3) is 3.59. The van der Waals surface area contributed by atoms with Crippen molar-refractivity contribution in [1.29, 1.82) is 0 Å². The number of rotatable bonds is 3. The van der Waals surface area contributed by atoms with E-state index in [1.807, 2.05) is 12.1 Å². The van der Waals surface area contributed by atoms with Gasteiger partial charge in [0.1, 0.15) is 0 Å². The standard InChI is InChI=1S/C43H32N2O/c1-43-24-10-9-17-42(43)45(31-20-23-41-35(27-31)33-14-6-8-16-40(33)46-41)39-22-19-29(26-36(39)43)28-18-21-38-34(25-28)32-13-5-7-15-37(32)44(38)30-11-3-2-4-12-30/h3,5-27,33,35,40-42H,1H3/t33?,35?,40-,41?,42?,43?/m0/s1. The van der Waals surface area contributed by atoms with Crippen LogP contribution < -0.4 is 4.90 Å².